The molecule has 0 spiro atoms. The standard InChI is InChI=1S/C25H38O4/c1-4-29-22(26)13-15-5-8-20-18-6-7-19-17(16(18)9-11-24(15,20)2)10-12-25(27)21(14-28-3)23(19)25/h13,16-21,23,27H,4-12,14H2,1-3H3/b15-13+/t16-,17-,18-,19+,20+,21?,23?,24-,25+/m1/s1. The number of hydrogen-bond acceptors (Lipinski definition) is 4. The van der Waals surface area contributed by atoms with Gasteiger partial charge in [-0.3, -0.25) is 0 Å². The maximum Gasteiger partial charge on any atom is 0.330 e. The number of allylic oxidation sites excluding steroid dienone is 1. The predicted molar refractivity (Wildman–Crippen MR) is 111 cm³/mol. The van der Waals surface area contributed by atoms with E-state index in [1.54, 1.807) is 7.11 Å². The van der Waals surface area contributed by atoms with Gasteiger partial charge in [-0.1, -0.05) is 12.5 Å². The van der Waals surface area contributed by atoms with Gasteiger partial charge in [0, 0.05) is 19.1 Å². The van der Waals surface area contributed by atoms with Gasteiger partial charge < -0.3 is 14.6 Å². The van der Waals surface area contributed by atoms with Crippen LogP contribution in [0.25, 0.3) is 0 Å². The molecule has 4 nitrogen and oxygen atoms in total. The van der Waals surface area contributed by atoms with Crippen LogP contribution in [0.15, 0.2) is 11.6 Å². The molecule has 5 aliphatic carbocycles. The van der Waals surface area contributed by atoms with Crippen molar-refractivity contribution >= 4 is 5.97 Å². The van der Waals surface area contributed by atoms with Crippen molar-refractivity contribution in [2.45, 2.75) is 70.8 Å². The Kier molecular flexibility index (Phi) is 4.90. The van der Waals surface area contributed by atoms with E-state index in [9.17, 15) is 9.90 Å². The molecule has 9 atom stereocenters. The number of esters is 1. The SMILES string of the molecule is CCOC(=O)/C=C1\CC[C@H]2[C@@H]3CC[C@@H]4C5C(COC)[C@@]5(O)CC[C@@H]4[C@H]3CC[C@]12C. The summed E-state index contributed by atoms with van der Waals surface area (Å²) < 4.78 is 10.6. The number of aliphatic hydroxyl groups is 1. The van der Waals surface area contributed by atoms with E-state index in [1.165, 1.54) is 44.1 Å². The molecule has 0 amide bonds. The van der Waals surface area contributed by atoms with E-state index in [0.29, 0.717) is 24.4 Å². The molecule has 5 rings (SSSR count). The monoisotopic (exact) mass is 402 g/mol. The molecule has 0 aromatic heterocycles. The lowest BCUT2D eigenvalue weighted by atomic mass is 9.50. The summed E-state index contributed by atoms with van der Waals surface area (Å²) in [4.78, 5) is 12.1. The van der Waals surface area contributed by atoms with Gasteiger partial charge in [-0.05, 0) is 99.2 Å². The van der Waals surface area contributed by atoms with Crippen LogP contribution in [0.2, 0.25) is 0 Å². The highest BCUT2D eigenvalue weighted by Gasteiger charge is 2.70. The van der Waals surface area contributed by atoms with E-state index < -0.39 is 5.60 Å². The molecule has 162 valence electrons. The van der Waals surface area contributed by atoms with Gasteiger partial charge in [0.25, 0.3) is 0 Å². The van der Waals surface area contributed by atoms with Gasteiger partial charge in [-0.25, -0.2) is 4.79 Å². The lowest BCUT2D eigenvalue weighted by molar-refractivity contribution is -0.137. The first-order chi connectivity index (χ1) is 13.9. The number of fused-ring (bicyclic) bond motifs is 7. The van der Waals surface area contributed by atoms with Gasteiger partial charge in [0.1, 0.15) is 0 Å². The van der Waals surface area contributed by atoms with Crippen LogP contribution in [-0.2, 0) is 14.3 Å². The van der Waals surface area contributed by atoms with Crippen LogP contribution in [0, 0.1) is 46.8 Å². The molecule has 0 aromatic rings. The Morgan fingerprint density at radius 3 is 2.59 bits per heavy atom. The Morgan fingerprint density at radius 2 is 1.83 bits per heavy atom. The molecular weight excluding hydrogens is 364 g/mol. The molecular formula is C25H38O4. The summed E-state index contributed by atoms with van der Waals surface area (Å²) in [6.07, 6.45) is 11.4. The zero-order valence-corrected chi connectivity index (χ0v) is 18.4. The smallest absolute Gasteiger partial charge is 0.330 e. The number of carbonyl (C=O) groups is 1. The predicted octanol–water partition coefficient (Wildman–Crippen LogP) is 4.36. The maximum atomic E-state index is 12.1. The molecule has 2 unspecified atom stereocenters. The second-order valence-corrected chi connectivity index (χ2v) is 10.9. The van der Waals surface area contributed by atoms with E-state index >= 15 is 0 Å². The number of ether oxygens (including phenoxy) is 2. The molecule has 0 saturated heterocycles. The Bertz CT molecular complexity index is 701. The summed E-state index contributed by atoms with van der Waals surface area (Å²) >= 11 is 0. The van der Waals surface area contributed by atoms with Crippen LogP contribution < -0.4 is 0 Å². The molecule has 0 radical (unpaired) electrons. The fourth-order valence-electron chi connectivity index (χ4n) is 8.85. The van der Waals surface area contributed by atoms with Crippen molar-refractivity contribution in [1.82, 2.24) is 0 Å². The van der Waals surface area contributed by atoms with Crippen LogP contribution in [-0.4, -0.2) is 37.0 Å². The summed E-state index contributed by atoms with van der Waals surface area (Å²) in [5.74, 6) is 4.55. The van der Waals surface area contributed by atoms with E-state index in [0.717, 1.165) is 43.1 Å². The van der Waals surface area contributed by atoms with Gasteiger partial charge in [-0.2, -0.15) is 0 Å². The van der Waals surface area contributed by atoms with Crippen molar-refractivity contribution in [3.8, 4) is 0 Å². The highest BCUT2D eigenvalue weighted by atomic mass is 16.5. The summed E-state index contributed by atoms with van der Waals surface area (Å²) in [6.45, 7) is 5.48. The third kappa shape index (κ3) is 2.88. The minimum atomic E-state index is -0.421. The molecule has 0 bridgehead atoms. The zero-order chi connectivity index (χ0) is 20.4. The summed E-state index contributed by atoms with van der Waals surface area (Å²) in [7, 11) is 1.77. The maximum absolute atomic E-state index is 12.1. The van der Waals surface area contributed by atoms with E-state index in [-0.39, 0.29) is 11.4 Å². The van der Waals surface area contributed by atoms with E-state index in [4.69, 9.17) is 9.47 Å². The molecule has 0 heterocycles. The van der Waals surface area contributed by atoms with Gasteiger partial charge in [0.05, 0.1) is 18.8 Å². The van der Waals surface area contributed by atoms with Crippen molar-refractivity contribution in [2.75, 3.05) is 20.3 Å². The van der Waals surface area contributed by atoms with Gasteiger partial charge in [0.2, 0.25) is 0 Å². The highest BCUT2D eigenvalue weighted by Crippen LogP contribution is 2.70. The Morgan fingerprint density at radius 1 is 1.10 bits per heavy atom. The molecule has 29 heavy (non-hydrogen) atoms. The average Bonchev–Trinajstić information content (AvgIpc) is 3.15. The van der Waals surface area contributed by atoms with Crippen molar-refractivity contribution < 1.29 is 19.4 Å². The van der Waals surface area contributed by atoms with Crippen molar-refractivity contribution in [3.63, 3.8) is 0 Å². The Balaban J connectivity index is 1.34. The first-order valence-corrected chi connectivity index (χ1v) is 12.0. The number of methoxy groups -OCH3 is 1. The molecule has 5 saturated carbocycles. The number of hydrogen-bond donors (Lipinski definition) is 1. The van der Waals surface area contributed by atoms with E-state index in [2.05, 4.69) is 6.92 Å². The van der Waals surface area contributed by atoms with Crippen LogP contribution >= 0.6 is 0 Å². The van der Waals surface area contributed by atoms with Crippen LogP contribution in [0.1, 0.15) is 65.2 Å². The lowest BCUT2D eigenvalue weighted by Gasteiger charge is -2.55. The second kappa shape index (κ2) is 7.09. The molecule has 4 heteroatoms. The molecule has 5 aliphatic rings. The third-order valence-electron chi connectivity index (χ3n) is 10.1. The number of carbonyl (C=O) groups excluding carboxylic acids is 1. The normalized spacial score (nSPS) is 51.6. The van der Waals surface area contributed by atoms with Crippen molar-refractivity contribution in [3.05, 3.63) is 11.6 Å². The second-order valence-electron chi connectivity index (χ2n) is 10.9. The Labute approximate surface area is 175 Å². The first-order valence-electron chi connectivity index (χ1n) is 12.0. The topological polar surface area (TPSA) is 55.8 Å². The zero-order valence-electron chi connectivity index (χ0n) is 18.4. The van der Waals surface area contributed by atoms with Crippen molar-refractivity contribution in [1.29, 1.82) is 0 Å². The van der Waals surface area contributed by atoms with Gasteiger partial charge in [-0.15, -0.1) is 0 Å². The summed E-state index contributed by atoms with van der Waals surface area (Å²) in [5.41, 5.74) is 1.12. The summed E-state index contributed by atoms with van der Waals surface area (Å²) in [5, 5.41) is 11.1. The first kappa shape index (κ1) is 20.1. The number of rotatable bonds is 4. The summed E-state index contributed by atoms with van der Waals surface area (Å²) in [6, 6.07) is 0. The van der Waals surface area contributed by atoms with Crippen LogP contribution in [0.3, 0.4) is 0 Å². The average molecular weight is 403 g/mol. The molecule has 0 aliphatic heterocycles. The fraction of sp³-hybridized carbons (Fsp3) is 0.880. The van der Waals surface area contributed by atoms with Crippen LogP contribution in [0.4, 0.5) is 0 Å². The van der Waals surface area contributed by atoms with E-state index in [1.807, 2.05) is 13.0 Å². The van der Waals surface area contributed by atoms with Crippen LogP contribution in [0.5, 0.6) is 0 Å². The highest BCUT2D eigenvalue weighted by molar-refractivity contribution is 5.83. The van der Waals surface area contributed by atoms with Gasteiger partial charge in [0.15, 0.2) is 0 Å². The van der Waals surface area contributed by atoms with Crippen molar-refractivity contribution in [2.24, 2.45) is 46.8 Å². The third-order valence-corrected chi connectivity index (χ3v) is 10.1. The lowest BCUT2D eigenvalue weighted by Crippen LogP contribution is -2.48. The minimum absolute atomic E-state index is 0.153. The molecule has 5 fully saturated rings. The Hall–Kier alpha value is -0.870. The minimum Gasteiger partial charge on any atom is -0.463 e. The molecule has 0 aromatic carbocycles. The molecule has 1 N–H and O–H groups in total. The largest absolute Gasteiger partial charge is 0.463 e. The fourth-order valence-corrected chi connectivity index (χ4v) is 8.85. The van der Waals surface area contributed by atoms with Gasteiger partial charge >= 0.3 is 5.97 Å². The quantitative estimate of drug-likeness (QED) is 0.561.